The average Bonchev–Trinajstić information content (AvgIpc) is 3.83. The average molecular weight is 700 g/mol. The van der Waals surface area contributed by atoms with Crippen LogP contribution < -0.4 is 15.8 Å². The third-order valence-corrected chi connectivity index (χ3v) is 14.3. The summed E-state index contributed by atoms with van der Waals surface area (Å²) in [4.78, 5) is 0.375. The maximum absolute atomic E-state index is 13.6. The molecule has 6 rings (SSSR count). The van der Waals surface area contributed by atoms with E-state index in [2.05, 4.69) is 5.32 Å². The molecule has 13 heteroatoms. The Labute approximate surface area is 283 Å². The van der Waals surface area contributed by atoms with Crippen LogP contribution in [0, 0.1) is 0 Å². The minimum atomic E-state index is -3.68. The van der Waals surface area contributed by atoms with Crippen molar-refractivity contribution in [3.05, 3.63) is 78.4 Å². The zero-order valence-corrected chi connectivity index (χ0v) is 28.6. The molecule has 5 N–H and O–H groups in total. The molecule has 1 aliphatic carbocycles. The Hall–Kier alpha value is -2.88. The topological polar surface area (TPSA) is 168 Å². The van der Waals surface area contributed by atoms with Gasteiger partial charge in [-0.3, -0.25) is 0 Å². The van der Waals surface area contributed by atoms with Gasteiger partial charge in [0.05, 0.1) is 33.4 Å². The van der Waals surface area contributed by atoms with E-state index < -0.39 is 42.9 Å². The molecular weight excluding hydrogens is 655 g/mol. The number of rotatable bonds is 14. The van der Waals surface area contributed by atoms with Crippen molar-refractivity contribution in [3.8, 4) is 16.9 Å². The molecule has 48 heavy (non-hydrogen) atoms. The molecule has 2 unspecified atom stereocenters. The second-order valence-corrected chi connectivity index (χ2v) is 17.5. The number of aliphatic hydroxyl groups is 2. The molecule has 260 valence electrons. The van der Waals surface area contributed by atoms with Crippen LogP contribution >= 0.6 is 0 Å². The number of nitrogens with two attached hydrogens (primary N) is 1. The van der Waals surface area contributed by atoms with Crippen LogP contribution in [0.25, 0.3) is 11.1 Å². The third-order valence-electron chi connectivity index (χ3n) is 9.90. The van der Waals surface area contributed by atoms with E-state index in [1.165, 1.54) is 12.1 Å². The number of nitrogens with zero attached hydrogens (tertiary/aromatic N) is 1. The van der Waals surface area contributed by atoms with Gasteiger partial charge in [-0.25, -0.2) is 16.8 Å². The lowest BCUT2D eigenvalue weighted by Gasteiger charge is -2.38. The van der Waals surface area contributed by atoms with Gasteiger partial charge < -0.3 is 30.7 Å². The largest absolute Gasteiger partial charge is 0.491 e. The van der Waals surface area contributed by atoms with Crippen LogP contribution in [0.2, 0.25) is 0 Å². The number of sulfone groups is 1. The van der Waals surface area contributed by atoms with Crippen molar-refractivity contribution in [1.29, 1.82) is 0 Å². The van der Waals surface area contributed by atoms with Gasteiger partial charge >= 0.3 is 0 Å². The second kappa shape index (κ2) is 14.2. The summed E-state index contributed by atoms with van der Waals surface area (Å²) in [5.74, 6) is 0.331. The summed E-state index contributed by atoms with van der Waals surface area (Å²) in [6, 6.07) is 21.3. The Morgan fingerprint density at radius 2 is 1.65 bits per heavy atom. The number of benzene rings is 3. The van der Waals surface area contributed by atoms with Crippen LogP contribution in [0.5, 0.6) is 5.75 Å². The summed E-state index contributed by atoms with van der Waals surface area (Å²) < 4.78 is 65.5. The van der Waals surface area contributed by atoms with Gasteiger partial charge in [-0.1, -0.05) is 42.5 Å². The van der Waals surface area contributed by atoms with Crippen molar-refractivity contribution in [2.45, 2.75) is 70.8 Å². The Morgan fingerprint density at radius 3 is 2.33 bits per heavy atom. The number of hydrogen-bond donors (Lipinski definition) is 4. The first-order valence-electron chi connectivity index (χ1n) is 16.5. The lowest BCUT2D eigenvalue weighted by molar-refractivity contribution is -0.0312. The highest BCUT2D eigenvalue weighted by atomic mass is 32.2. The minimum absolute atomic E-state index is 0.00240. The van der Waals surface area contributed by atoms with Crippen molar-refractivity contribution >= 4 is 19.9 Å². The Morgan fingerprint density at radius 1 is 0.938 bits per heavy atom. The monoisotopic (exact) mass is 699 g/mol. The lowest BCUT2D eigenvalue weighted by Crippen LogP contribution is -2.47. The molecule has 1 spiro atoms. The minimum Gasteiger partial charge on any atom is -0.491 e. The van der Waals surface area contributed by atoms with E-state index in [0.29, 0.717) is 64.1 Å². The predicted molar refractivity (Wildman–Crippen MR) is 182 cm³/mol. The van der Waals surface area contributed by atoms with E-state index in [1.54, 1.807) is 34.6 Å². The van der Waals surface area contributed by atoms with E-state index in [-0.39, 0.29) is 29.0 Å². The molecule has 2 atom stereocenters. The maximum Gasteiger partial charge on any atom is 0.243 e. The predicted octanol–water partition coefficient (Wildman–Crippen LogP) is 2.50. The second-order valence-electron chi connectivity index (χ2n) is 13.3. The summed E-state index contributed by atoms with van der Waals surface area (Å²) in [6.45, 7) is 1.56. The molecule has 0 radical (unpaired) electrons. The first-order valence-corrected chi connectivity index (χ1v) is 19.4. The fourth-order valence-corrected chi connectivity index (χ4v) is 9.99. The standard InChI is InChI=1S/C35H45N3O8S2/c36-16-11-26-7-9-27(10-8-26)28-3-1-6-33(19-28)48(43,44)38-17-14-34(15-18-38)21-29(23-46-34)37-22-30(40)24-45-31-4-2-5-32(20-31)47(41,42)35(25-39)12-13-35/h1-10,19-20,29-30,37,39-40H,11-18,21-25,36H2. The van der Waals surface area contributed by atoms with Crippen molar-refractivity contribution < 1.29 is 36.5 Å². The number of ether oxygens (including phenoxy) is 2. The summed E-state index contributed by atoms with van der Waals surface area (Å²) in [5, 5.41) is 23.5. The fourth-order valence-electron chi connectivity index (χ4n) is 6.66. The Bertz CT molecular complexity index is 1790. The molecule has 3 aliphatic rings. The normalized spacial score (nSPS) is 21.3. The van der Waals surface area contributed by atoms with Crippen LogP contribution in [0.1, 0.15) is 37.7 Å². The summed E-state index contributed by atoms with van der Waals surface area (Å²) in [6.07, 6.45) is 2.68. The van der Waals surface area contributed by atoms with E-state index in [0.717, 1.165) is 23.1 Å². The van der Waals surface area contributed by atoms with Crippen LogP contribution in [0.15, 0.2) is 82.6 Å². The molecular formula is C35H45N3O8S2. The first-order chi connectivity index (χ1) is 23.0. The maximum atomic E-state index is 13.6. The van der Waals surface area contributed by atoms with Gasteiger partial charge in [-0.05, 0) is 92.1 Å². The fraction of sp³-hybridized carbons (Fsp3) is 0.486. The Kier molecular flexibility index (Phi) is 10.3. The zero-order valence-electron chi connectivity index (χ0n) is 27.0. The smallest absolute Gasteiger partial charge is 0.243 e. The third kappa shape index (κ3) is 7.34. The number of hydrogen-bond acceptors (Lipinski definition) is 10. The number of aliphatic hydroxyl groups excluding tert-OH is 2. The van der Waals surface area contributed by atoms with Gasteiger partial charge in [0.15, 0.2) is 9.84 Å². The molecule has 11 nitrogen and oxygen atoms in total. The van der Waals surface area contributed by atoms with Crippen LogP contribution in [-0.2, 0) is 31.0 Å². The molecule has 2 aliphatic heterocycles. The molecule has 0 amide bonds. The van der Waals surface area contributed by atoms with E-state index in [9.17, 15) is 27.0 Å². The molecule has 3 aromatic carbocycles. The first kappa shape index (κ1) is 35.0. The van der Waals surface area contributed by atoms with E-state index >= 15 is 0 Å². The van der Waals surface area contributed by atoms with Gasteiger partial charge in [0, 0.05) is 25.7 Å². The van der Waals surface area contributed by atoms with Crippen molar-refractivity contribution in [3.63, 3.8) is 0 Å². The quantitative estimate of drug-likeness (QED) is 0.196. The molecule has 0 bridgehead atoms. The summed E-state index contributed by atoms with van der Waals surface area (Å²) >= 11 is 0. The number of sulfonamides is 1. The molecule has 3 fully saturated rings. The summed E-state index contributed by atoms with van der Waals surface area (Å²) in [7, 11) is -7.36. The number of piperidine rings is 1. The highest BCUT2D eigenvalue weighted by Gasteiger charge is 2.54. The highest BCUT2D eigenvalue weighted by Crippen LogP contribution is 2.46. The molecule has 2 heterocycles. The van der Waals surface area contributed by atoms with Crippen molar-refractivity contribution in [2.75, 3.05) is 46.0 Å². The van der Waals surface area contributed by atoms with Gasteiger partial charge in [0.1, 0.15) is 18.5 Å². The van der Waals surface area contributed by atoms with E-state index in [1.807, 2.05) is 30.3 Å². The van der Waals surface area contributed by atoms with Gasteiger partial charge in [0.25, 0.3) is 0 Å². The molecule has 2 saturated heterocycles. The lowest BCUT2D eigenvalue weighted by atomic mass is 9.88. The SMILES string of the molecule is NCCc1ccc(-c2cccc(S(=O)(=O)N3CCC4(CC3)CC(NCC(O)COc3cccc(S(=O)(=O)C5(CO)CC5)c3)CO4)c2)cc1. The van der Waals surface area contributed by atoms with E-state index in [4.69, 9.17) is 15.2 Å². The van der Waals surface area contributed by atoms with Crippen molar-refractivity contribution in [1.82, 2.24) is 9.62 Å². The van der Waals surface area contributed by atoms with Gasteiger partial charge in [-0.2, -0.15) is 4.31 Å². The molecule has 3 aromatic rings. The van der Waals surface area contributed by atoms with Gasteiger partial charge in [-0.15, -0.1) is 0 Å². The Balaban J connectivity index is 0.973. The zero-order chi connectivity index (χ0) is 34.0. The van der Waals surface area contributed by atoms with Crippen LogP contribution in [0.3, 0.4) is 0 Å². The van der Waals surface area contributed by atoms with Gasteiger partial charge in [0.2, 0.25) is 10.0 Å². The molecule has 0 aromatic heterocycles. The number of nitrogens with one attached hydrogen (secondary N) is 1. The molecule has 1 saturated carbocycles. The highest BCUT2D eigenvalue weighted by molar-refractivity contribution is 7.93. The summed E-state index contributed by atoms with van der Waals surface area (Å²) in [5.41, 5.74) is 8.17. The van der Waals surface area contributed by atoms with Crippen LogP contribution in [0.4, 0.5) is 0 Å². The van der Waals surface area contributed by atoms with Crippen molar-refractivity contribution in [2.24, 2.45) is 5.73 Å². The van der Waals surface area contributed by atoms with Crippen LogP contribution in [-0.4, -0.2) is 99.8 Å².